The summed E-state index contributed by atoms with van der Waals surface area (Å²) in [7, 11) is 3.42. The summed E-state index contributed by atoms with van der Waals surface area (Å²) in [6, 6.07) is -0.603. The molecule has 106 valence electrons. The van der Waals surface area contributed by atoms with Crippen LogP contribution in [-0.4, -0.2) is 56.7 Å². The number of hydrogen-bond donors (Lipinski definition) is 2. The lowest BCUT2D eigenvalue weighted by atomic mass is 10.3. The average molecular weight is 259 g/mol. The highest BCUT2D eigenvalue weighted by molar-refractivity contribution is 5.95. The third kappa shape index (κ3) is 8.95. The largest absolute Gasteiger partial charge is 0.383 e. The van der Waals surface area contributed by atoms with Crippen LogP contribution in [0.3, 0.4) is 0 Å². The summed E-state index contributed by atoms with van der Waals surface area (Å²) in [5, 5.41) is 4.90. The van der Waals surface area contributed by atoms with Gasteiger partial charge in [-0.3, -0.25) is 15.0 Å². The molecule has 6 nitrogen and oxygen atoms in total. The number of urea groups is 1. The van der Waals surface area contributed by atoms with Crippen molar-refractivity contribution in [1.29, 1.82) is 0 Å². The Morgan fingerprint density at radius 3 is 2.61 bits per heavy atom. The van der Waals surface area contributed by atoms with Crippen LogP contribution in [0, 0.1) is 0 Å². The van der Waals surface area contributed by atoms with E-state index in [4.69, 9.17) is 4.74 Å². The summed E-state index contributed by atoms with van der Waals surface area (Å²) < 4.78 is 4.88. The second-order valence-corrected chi connectivity index (χ2v) is 4.47. The van der Waals surface area contributed by atoms with Crippen molar-refractivity contribution in [2.45, 2.75) is 32.7 Å². The maximum atomic E-state index is 11.5. The summed E-state index contributed by atoms with van der Waals surface area (Å²) in [6.45, 7) is 5.40. The number of nitrogens with one attached hydrogen (secondary N) is 2. The van der Waals surface area contributed by atoms with Crippen molar-refractivity contribution in [2.75, 3.05) is 33.9 Å². The van der Waals surface area contributed by atoms with Crippen LogP contribution in [0.15, 0.2) is 0 Å². The molecule has 0 aliphatic heterocycles. The number of unbranched alkanes of at least 4 members (excludes halogenated alkanes) is 1. The number of carbonyl (C=O) groups excluding carboxylic acids is 2. The first-order valence-electron chi connectivity index (χ1n) is 6.27. The molecule has 0 rings (SSSR count). The summed E-state index contributed by atoms with van der Waals surface area (Å²) in [5.74, 6) is -0.296. The minimum atomic E-state index is -0.478. The highest BCUT2D eigenvalue weighted by Gasteiger charge is 2.12. The van der Waals surface area contributed by atoms with E-state index in [2.05, 4.69) is 17.6 Å². The van der Waals surface area contributed by atoms with Crippen LogP contribution in [0.1, 0.15) is 26.7 Å². The van der Waals surface area contributed by atoms with Gasteiger partial charge in [0.1, 0.15) is 0 Å². The summed E-state index contributed by atoms with van der Waals surface area (Å²) in [5.41, 5.74) is 0. The molecule has 0 fully saturated rings. The number of rotatable bonds is 8. The van der Waals surface area contributed by atoms with Crippen molar-refractivity contribution in [1.82, 2.24) is 15.5 Å². The first-order chi connectivity index (χ1) is 8.49. The highest BCUT2D eigenvalue weighted by Crippen LogP contribution is 1.91. The second kappa shape index (κ2) is 9.85. The molecule has 0 heterocycles. The van der Waals surface area contributed by atoms with Crippen molar-refractivity contribution in [3.8, 4) is 0 Å². The van der Waals surface area contributed by atoms with Crippen LogP contribution in [0.5, 0.6) is 0 Å². The molecule has 1 atom stereocenters. The van der Waals surface area contributed by atoms with Gasteiger partial charge in [0.15, 0.2) is 0 Å². The van der Waals surface area contributed by atoms with Crippen LogP contribution in [0.2, 0.25) is 0 Å². The van der Waals surface area contributed by atoms with Crippen LogP contribution >= 0.6 is 0 Å². The molecular formula is C12H25N3O3. The normalized spacial score (nSPS) is 12.3. The first kappa shape index (κ1) is 16.9. The maximum absolute atomic E-state index is 11.5. The van der Waals surface area contributed by atoms with Gasteiger partial charge in [-0.1, -0.05) is 13.3 Å². The Morgan fingerprint density at radius 2 is 2.06 bits per heavy atom. The van der Waals surface area contributed by atoms with Crippen LogP contribution in [0.4, 0.5) is 4.79 Å². The van der Waals surface area contributed by atoms with Crippen molar-refractivity contribution in [3.05, 3.63) is 0 Å². The molecule has 0 bridgehead atoms. The Morgan fingerprint density at radius 1 is 1.39 bits per heavy atom. The molecule has 6 heteroatoms. The molecular weight excluding hydrogens is 234 g/mol. The molecule has 0 aromatic carbocycles. The van der Waals surface area contributed by atoms with Gasteiger partial charge in [0.05, 0.1) is 19.2 Å². The molecule has 2 N–H and O–H groups in total. The molecule has 0 aromatic rings. The lowest BCUT2D eigenvalue weighted by Gasteiger charge is -2.16. The van der Waals surface area contributed by atoms with Crippen LogP contribution < -0.4 is 10.6 Å². The van der Waals surface area contributed by atoms with Crippen molar-refractivity contribution >= 4 is 11.9 Å². The molecule has 18 heavy (non-hydrogen) atoms. The highest BCUT2D eigenvalue weighted by atomic mass is 16.5. The van der Waals surface area contributed by atoms with Gasteiger partial charge in [-0.25, -0.2) is 4.79 Å². The van der Waals surface area contributed by atoms with Crippen LogP contribution in [0.25, 0.3) is 0 Å². The minimum Gasteiger partial charge on any atom is -0.383 e. The maximum Gasteiger partial charge on any atom is 0.321 e. The van der Waals surface area contributed by atoms with Crippen LogP contribution in [-0.2, 0) is 9.53 Å². The standard InChI is InChI=1S/C12H25N3O3/c1-5-6-7-15(3)8-11(16)14-12(17)13-10(2)9-18-4/h10H,5-9H2,1-4H3,(H2,13,14,16,17). The van der Waals surface area contributed by atoms with Gasteiger partial charge in [0.2, 0.25) is 5.91 Å². The molecule has 3 amide bonds. The minimum absolute atomic E-state index is 0.124. The lowest BCUT2D eigenvalue weighted by Crippen LogP contribution is -2.47. The zero-order chi connectivity index (χ0) is 14.0. The first-order valence-corrected chi connectivity index (χ1v) is 6.27. The Hall–Kier alpha value is -1.14. The monoisotopic (exact) mass is 259 g/mol. The zero-order valence-electron chi connectivity index (χ0n) is 11.8. The molecule has 0 aliphatic rings. The Labute approximate surface area is 109 Å². The van der Waals surface area contributed by atoms with Gasteiger partial charge in [0.25, 0.3) is 0 Å². The van der Waals surface area contributed by atoms with Crippen molar-refractivity contribution < 1.29 is 14.3 Å². The molecule has 0 radical (unpaired) electrons. The van der Waals surface area contributed by atoms with Gasteiger partial charge in [0, 0.05) is 7.11 Å². The predicted molar refractivity (Wildman–Crippen MR) is 70.4 cm³/mol. The van der Waals surface area contributed by atoms with Gasteiger partial charge in [-0.05, 0) is 26.9 Å². The molecule has 0 spiro atoms. The van der Waals surface area contributed by atoms with E-state index in [1.807, 2.05) is 11.9 Å². The number of likely N-dealkylation sites (N-methyl/N-ethyl adjacent to an activating group) is 1. The van der Waals surface area contributed by atoms with Gasteiger partial charge < -0.3 is 10.1 Å². The molecule has 0 saturated carbocycles. The topological polar surface area (TPSA) is 70.7 Å². The Balaban J connectivity index is 3.82. The van der Waals surface area contributed by atoms with Crippen molar-refractivity contribution in [2.24, 2.45) is 0 Å². The fraction of sp³-hybridized carbons (Fsp3) is 0.833. The number of methoxy groups -OCH3 is 1. The van der Waals surface area contributed by atoms with E-state index < -0.39 is 6.03 Å². The van der Waals surface area contributed by atoms with E-state index in [1.54, 1.807) is 14.0 Å². The van der Waals surface area contributed by atoms with Gasteiger partial charge in [-0.2, -0.15) is 0 Å². The van der Waals surface area contributed by atoms with E-state index in [9.17, 15) is 9.59 Å². The molecule has 0 saturated heterocycles. The summed E-state index contributed by atoms with van der Waals surface area (Å²) in [4.78, 5) is 24.8. The second-order valence-electron chi connectivity index (χ2n) is 4.47. The number of nitrogens with zero attached hydrogens (tertiary/aromatic N) is 1. The molecule has 0 aromatic heterocycles. The van der Waals surface area contributed by atoms with E-state index in [0.717, 1.165) is 19.4 Å². The summed E-state index contributed by atoms with van der Waals surface area (Å²) in [6.07, 6.45) is 2.13. The van der Waals surface area contributed by atoms with Gasteiger partial charge >= 0.3 is 6.03 Å². The predicted octanol–water partition coefficient (Wildman–Crippen LogP) is 0.579. The number of carbonyl (C=O) groups is 2. The number of ether oxygens (including phenoxy) is 1. The Bertz CT molecular complexity index is 259. The number of hydrogen-bond acceptors (Lipinski definition) is 4. The fourth-order valence-electron chi connectivity index (χ4n) is 1.47. The third-order valence-electron chi connectivity index (χ3n) is 2.35. The van der Waals surface area contributed by atoms with E-state index >= 15 is 0 Å². The van der Waals surface area contributed by atoms with Gasteiger partial charge in [-0.15, -0.1) is 0 Å². The third-order valence-corrected chi connectivity index (χ3v) is 2.35. The number of amides is 3. The van der Waals surface area contributed by atoms with Crippen molar-refractivity contribution in [3.63, 3.8) is 0 Å². The summed E-state index contributed by atoms with van der Waals surface area (Å²) >= 11 is 0. The SMILES string of the molecule is CCCCN(C)CC(=O)NC(=O)NC(C)COC. The Kier molecular flexibility index (Phi) is 9.22. The quantitative estimate of drug-likeness (QED) is 0.669. The average Bonchev–Trinajstić information content (AvgIpc) is 2.25. The lowest BCUT2D eigenvalue weighted by molar-refractivity contribution is -0.120. The number of imide groups is 1. The van der Waals surface area contributed by atoms with E-state index in [1.165, 1.54) is 0 Å². The fourth-order valence-corrected chi connectivity index (χ4v) is 1.47. The van der Waals surface area contributed by atoms with E-state index in [-0.39, 0.29) is 18.5 Å². The molecule has 0 aliphatic carbocycles. The smallest absolute Gasteiger partial charge is 0.321 e. The zero-order valence-corrected chi connectivity index (χ0v) is 11.8. The van der Waals surface area contributed by atoms with E-state index in [0.29, 0.717) is 6.61 Å². The molecule has 1 unspecified atom stereocenters.